The number of benzene rings is 1. The Balaban J connectivity index is 1.52. The minimum atomic E-state index is -1.69. The molecule has 6 heteroatoms. The Morgan fingerprint density at radius 1 is 1.08 bits per heavy atom. The van der Waals surface area contributed by atoms with E-state index in [4.69, 9.17) is 5.11 Å². The van der Waals surface area contributed by atoms with E-state index in [0.717, 1.165) is 17.0 Å². The number of nitrogens with zero attached hydrogens (tertiary/aromatic N) is 1. The van der Waals surface area contributed by atoms with Gasteiger partial charge in [0.25, 0.3) is 0 Å². The summed E-state index contributed by atoms with van der Waals surface area (Å²) >= 11 is 0. The monoisotopic (exact) mass is 342 g/mol. The Bertz CT molecular complexity index is 746. The fraction of sp³-hybridized carbons (Fsp3) is 0.368. The Labute approximate surface area is 146 Å². The lowest BCUT2D eigenvalue weighted by molar-refractivity contribution is -0.165. The van der Waals surface area contributed by atoms with Gasteiger partial charge >= 0.3 is 5.97 Å². The van der Waals surface area contributed by atoms with Crippen LogP contribution in [0, 0.1) is 0 Å². The quantitative estimate of drug-likeness (QED) is 0.775. The summed E-state index contributed by atoms with van der Waals surface area (Å²) < 4.78 is 0. The van der Waals surface area contributed by atoms with Gasteiger partial charge in [-0.05, 0) is 24.1 Å². The van der Waals surface area contributed by atoms with Crippen molar-refractivity contribution >= 4 is 11.9 Å². The van der Waals surface area contributed by atoms with Gasteiger partial charge in [0.05, 0.1) is 0 Å². The van der Waals surface area contributed by atoms with Crippen LogP contribution in [0.2, 0.25) is 0 Å². The van der Waals surface area contributed by atoms with Crippen LogP contribution in [0.5, 0.6) is 0 Å². The lowest BCUT2D eigenvalue weighted by atomic mass is 9.91. The van der Waals surface area contributed by atoms with Crippen molar-refractivity contribution < 1.29 is 19.8 Å². The molecule has 0 aliphatic carbocycles. The van der Waals surface area contributed by atoms with Crippen molar-refractivity contribution in [1.82, 2.24) is 9.88 Å². The van der Waals surface area contributed by atoms with Gasteiger partial charge in [0, 0.05) is 43.7 Å². The second kappa shape index (κ2) is 7.11. The first-order chi connectivity index (χ1) is 12.0. The van der Waals surface area contributed by atoms with Crippen LogP contribution < -0.4 is 0 Å². The Hall–Kier alpha value is -2.60. The Kier molecular flexibility index (Phi) is 4.90. The number of carboxylic acid groups (broad SMARTS) is 1. The van der Waals surface area contributed by atoms with Crippen LogP contribution in [-0.4, -0.2) is 50.7 Å². The summed E-state index contributed by atoms with van der Waals surface area (Å²) in [5.74, 6) is -1.22. The first-order valence-corrected chi connectivity index (χ1v) is 8.45. The normalized spacial score (nSPS) is 16.6. The minimum Gasteiger partial charge on any atom is -0.479 e. The number of aliphatic carboxylic acids is 1. The number of rotatable bonds is 5. The lowest BCUT2D eigenvalue weighted by Gasteiger charge is -2.35. The van der Waals surface area contributed by atoms with Crippen LogP contribution in [0.25, 0.3) is 11.3 Å². The molecule has 132 valence electrons. The summed E-state index contributed by atoms with van der Waals surface area (Å²) in [5.41, 5.74) is 1.42. The van der Waals surface area contributed by atoms with E-state index in [1.807, 2.05) is 42.5 Å². The number of hydrogen-bond acceptors (Lipinski definition) is 3. The predicted octanol–water partition coefficient (Wildman–Crippen LogP) is 2.05. The van der Waals surface area contributed by atoms with E-state index in [1.165, 1.54) is 0 Å². The summed E-state index contributed by atoms with van der Waals surface area (Å²) in [5, 5.41) is 18.9. The number of H-pyrrole nitrogens is 1. The third-order valence-corrected chi connectivity index (χ3v) is 4.78. The first kappa shape index (κ1) is 17.2. The highest BCUT2D eigenvalue weighted by Gasteiger charge is 2.40. The maximum absolute atomic E-state index is 12.3. The van der Waals surface area contributed by atoms with E-state index in [-0.39, 0.29) is 31.8 Å². The number of carbonyl (C=O) groups excluding carboxylic acids is 1. The largest absolute Gasteiger partial charge is 0.479 e. The highest BCUT2D eigenvalue weighted by Crippen LogP contribution is 2.23. The molecule has 0 radical (unpaired) electrons. The average Bonchev–Trinajstić information content (AvgIpc) is 3.10. The van der Waals surface area contributed by atoms with Gasteiger partial charge in [0.15, 0.2) is 5.60 Å². The van der Waals surface area contributed by atoms with Gasteiger partial charge < -0.3 is 20.1 Å². The molecule has 1 aliphatic rings. The van der Waals surface area contributed by atoms with E-state index < -0.39 is 11.6 Å². The molecule has 0 atom stereocenters. The molecule has 0 bridgehead atoms. The van der Waals surface area contributed by atoms with Crippen LogP contribution in [0.4, 0.5) is 0 Å². The molecule has 0 unspecified atom stereocenters. The zero-order valence-electron chi connectivity index (χ0n) is 13.9. The molecule has 25 heavy (non-hydrogen) atoms. The molecule has 2 aromatic rings. The molecular weight excluding hydrogens is 320 g/mol. The zero-order chi connectivity index (χ0) is 17.9. The number of hydrogen-bond donors (Lipinski definition) is 3. The number of amides is 1. The Morgan fingerprint density at radius 2 is 1.76 bits per heavy atom. The molecule has 0 saturated carbocycles. The maximum atomic E-state index is 12.3. The highest BCUT2D eigenvalue weighted by molar-refractivity contribution is 5.79. The number of piperidine rings is 1. The molecule has 0 spiro atoms. The number of aromatic nitrogens is 1. The predicted molar refractivity (Wildman–Crippen MR) is 92.9 cm³/mol. The van der Waals surface area contributed by atoms with Gasteiger partial charge in [-0.15, -0.1) is 0 Å². The number of aliphatic hydroxyl groups is 1. The van der Waals surface area contributed by atoms with Crippen molar-refractivity contribution in [3.05, 3.63) is 48.2 Å². The van der Waals surface area contributed by atoms with Crippen molar-refractivity contribution in [1.29, 1.82) is 0 Å². The van der Waals surface area contributed by atoms with Crippen molar-refractivity contribution in [2.24, 2.45) is 0 Å². The number of nitrogens with one attached hydrogen (secondary N) is 1. The van der Waals surface area contributed by atoms with Crippen LogP contribution in [-0.2, 0) is 16.0 Å². The molecule has 3 rings (SSSR count). The molecule has 1 aliphatic heterocycles. The van der Waals surface area contributed by atoms with Crippen molar-refractivity contribution in [2.75, 3.05) is 13.1 Å². The van der Waals surface area contributed by atoms with E-state index in [2.05, 4.69) is 4.98 Å². The van der Waals surface area contributed by atoms with Gasteiger partial charge in [0.1, 0.15) is 0 Å². The van der Waals surface area contributed by atoms with Crippen LogP contribution in [0.3, 0.4) is 0 Å². The fourth-order valence-corrected chi connectivity index (χ4v) is 3.11. The van der Waals surface area contributed by atoms with E-state index in [9.17, 15) is 14.7 Å². The van der Waals surface area contributed by atoms with Gasteiger partial charge in [-0.25, -0.2) is 4.79 Å². The molecule has 1 amide bonds. The number of aromatic amines is 1. The second-order valence-corrected chi connectivity index (χ2v) is 6.48. The van der Waals surface area contributed by atoms with Gasteiger partial charge in [-0.1, -0.05) is 30.3 Å². The fourth-order valence-electron chi connectivity index (χ4n) is 3.11. The number of aryl methyl sites for hydroxylation is 1. The van der Waals surface area contributed by atoms with Gasteiger partial charge in [-0.2, -0.15) is 0 Å². The maximum Gasteiger partial charge on any atom is 0.335 e. The van der Waals surface area contributed by atoms with E-state index in [0.29, 0.717) is 12.8 Å². The van der Waals surface area contributed by atoms with Crippen molar-refractivity contribution in [3.8, 4) is 11.3 Å². The molecule has 1 aromatic carbocycles. The lowest BCUT2D eigenvalue weighted by Crippen LogP contribution is -2.50. The standard InChI is InChI=1S/C19H22N2O4/c22-17(21-12-10-19(25,11-13-21)18(23)24)9-7-15-6-8-16(20-15)14-4-2-1-3-5-14/h1-6,8,20,25H,7,9-13H2,(H,23,24). The molecule has 2 heterocycles. The second-order valence-electron chi connectivity index (χ2n) is 6.48. The third kappa shape index (κ3) is 3.91. The SMILES string of the molecule is O=C(CCc1ccc(-c2ccccc2)[nH]1)N1CCC(O)(C(=O)O)CC1. The minimum absolute atomic E-state index is 0.0108. The van der Waals surface area contributed by atoms with Crippen LogP contribution in [0.1, 0.15) is 25.0 Å². The summed E-state index contributed by atoms with van der Waals surface area (Å²) in [6, 6.07) is 14.0. The molecule has 1 fully saturated rings. The Morgan fingerprint density at radius 3 is 2.40 bits per heavy atom. The van der Waals surface area contributed by atoms with Crippen LogP contribution in [0.15, 0.2) is 42.5 Å². The molecular formula is C19H22N2O4. The molecule has 3 N–H and O–H groups in total. The number of likely N-dealkylation sites (tertiary alicyclic amines) is 1. The van der Waals surface area contributed by atoms with E-state index in [1.54, 1.807) is 4.90 Å². The highest BCUT2D eigenvalue weighted by atomic mass is 16.4. The molecule has 6 nitrogen and oxygen atoms in total. The third-order valence-electron chi connectivity index (χ3n) is 4.78. The summed E-state index contributed by atoms with van der Waals surface area (Å²) in [6.45, 7) is 0.559. The molecule has 1 aromatic heterocycles. The smallest absolute Gasteiger partial charge is 0.335 e. The van der Waals surface area contributed by atoms with Crippen molar-refractivity contribution in [2.45, 2.75) is 31.3 Å². The first-order valence-electron chi connectivity index (χ1n) is 8.45. The van der Waals surface area contributed by atoms with Crippen LogP contribution >= 0.6 is 0 Å². The number of carbonyl (C=O) groups is 2. The number of carboxylic acids is 1. The van der Waals surface area contributed by atoms with E-state index >= 15 is 0 Å². The van der Waals surface area contributed by atoms with Crippen molar-refractivity contribution in [3.63, 3.8) is 0 Å². The zero-order valence-corrected chi connectivity index (χ0v) is 13.9. The van der Waals surface area contributed by atoms with Gasteiger partial charge in [0.2, 0.25) is 5.91 Å². The van der Waals surface area contributed by atoms with Gasteiger partial charge in [-0.3, -0.25) is 4.79 Å². The summed E-state index contributed by atoms with van der Waals surface area (Å²) in [6.07, 6.45) is 1.12. The summed E-state index contributed by atoms with van der Waals surface area (Å²) in [7, 11) is 0. The topological polar surface area (TPSA) is 93.6 Å². The summed E-state index contributed by atoms with van der Waals surface area (Å²) in [4.78, 5) is 28.3. The molecule has 1 saturated heterocycles. The average molecular weight is 342 g/mol.